The first-order valence-electron chi connectivity index (χ1n) is 5.06. The molecule has 0 spiro atoms. The second-order valence-corrected chi connectivity index (χ2v) is 7.39. The molecule has 3 nitrogen and oxygen atoms in total. The van der Waals surface area contributed by atoms with E-state index >= 15 is 0 Å². The van der Waals surface area contributed by atoms with Gasteiger partial charge in [0.15, 0.2) is 5.78 Å². The molecule has 18 heavy (non-hydrogen) atoms. The highest BCUT2D eigenvalue weighted by atomic mass is 79.9. The Balaban J connectivity index is 2.26. The average Bonchev–Trinajstić information content (AvgIpc) is 2.75. The number of aromatic nitrogens is 2. The third-order valence-electron chi connectivity index (χ3n) is 2.53. The van der Waals surface area contributed by atoms with Gasteiger partial charge in [-0.05, 0) is 44.8 Å². The Morgan fingerprint density at radius 3 is 2.67 bits per heavy atom. The largest absolute Gasteiger partial charge is 0.293 e. The van der Waals surface area contributed by atoms with E-state index in [2.05, 4.69) is 37.0 Å². The average molecular weight is 413 g/mol. The van der Waals surface area contributed by atoms with Crippen LogP contribution in [0.2, 0.25) is 5.15 Å². The molecule has 0 saturated heterocycles. The fourth-order valence-corrected chi connectivity index (χ4v) is 3.82. The number of rotatable bonds is 3. The number of aryl methyl sites for hydroxylation is 2. The molecular weight excluding hydrogens is 403 g/mol. The summed E-state index contributed by atoms with van der Waals surface area (Å²) in [6, 6.07) is 1.82. The number of carbonyl (C=O) groups excluding carboxylic acids is 1. The molecule has 0 bridgehead atoms. The maximum atomic E-state index is 12.2. The van der Waals surface area contributed by atoms with E-state index in [4.69, 9.17) is 11.6 Å². The highest BCUT2D eigenvalue weighted by Gasteiger charge is 2.18. The van der Waals surface area contributed by atoms with Crippen LogP contribution in [0.5, 0.6) is 0 Å². The molecule has 0 aliphatic rings. The van der Waals surface area contributed by atoms with Crippen molar-refractivity contribution in [2.45, 2.75) is 13.3 Å². The summed E-state index contributed by atoms with van der Waals surface area (Å²) < 4.78 is 3.39. The first-order chi connectivity index (χ1) is 8.40. The summed E-state index contributed by atoms with van der Waals surface area (Å²) >= 11 is 14.3. The fourth-order valence-electron chi connectivity index (χ4n) is 1.61. The Kier molecular flexibility index (Phi) is 4.31. The van der Waals surface area contributed by atoms with Gasteiger partial charge in [-0.25, -0.2) is 0 Å². The van der Waals surface area contributed by atoms with Crippen molar-refractivity contribution in [2.75, 3.05) is 0 Å². The molecular formula is C11H9Br2ClN2OS. The van der Waals surface area contributed by atoms with Crippen LogP contribution in [0.3, 0.4) is 0 Å². The van der Waals surface area contributed by atoms with Gasteiger partial charge < -0.3 is 0 Å². The normalized spacial score (nSPS) is 10.9. The minimum Gasteiger partial charge on any atom is -0.293 e. The Bertz CT molecular complexity index is 601. The van der Waals surface area contributed by atoms with E-state index in [9.17, 15) is 4.79 Å². The van der Waals surface area contributed by atoms with Crippen LogP contribution >= 0.6 is 54.8 Å². The number of ketones is 1. The van der Waals surface area contributed by atoms with Crippen LogP contribution in [0.15, 0.2) is 14.3 Å². The van der Waals surface area contributed by atoms with Crippen LogP contribution < -0.4 is 0 Å². The number of nitrogens with zero attached hydrogens (tertiary/aromatic N) is 2. The lowest BCUT2D eigenvalue weighted by molar-refractivity contribution is 0.0996. The van der Waals surface area contributed by atoms with Gasteiger partial charge in [0.25, 0.3) is 0 Å². The van der Waals surface area contributed by atoms with Crippen molar-refractivity contribution in [2.24, 2.45) is 7.05 Å². The lowest BCUT2D eigenvalue weighted by Crippen LogP contribution is -2.02. The van der Waals surface area contributed by atoms with Gasteiger partial charge in [0.1, 0.15) is 5.15 Å². The number of thiophene rings is 1. The van der Waals surface area contributed by atoms with Gasteiger partial charge in [0.2, 0.25) is 0 Å². The Hall–Kier alpha value is -0.170. The van der Waals surface area contributed by atoms with Crippen molar-refractivity contribution in [3.05, 3.63) is 35.6 Å². The number of halogens is 3. The maximum Gasteiger partial charge on any atom is 0.177 e. The predicted octanol–water partition coefficient (Wildman–Crippen LogP) is 4.39. The molecule has 96 valence electrons. The SMILES string of the molecule is Cc1nn(C)c(Cl)c1CC(=O)c1cc(Br)c(Br)s1. The van der Waals surface area contributed by atoms with Gasteiger partial charge in [-0.3, -0.25) is 9.48 Å². The molecule has 0 unspecified atom stereocenters. The van der Waals surface area contributed by atoms with Crippen molar-refractivity contribution < 1.29 is 4.79 Å². The van der Waals surface area contributed by atoms with Gasteiger partial charge in [-0.1, -0.05) is 11.6 Å². The molecule has 0 aliphatic carbocycles. The highest BCUT2D eigenvalue weighted by Crippen LogP contribution is 2.33. The molecule has 2 aromatic heterocycles. The Labute approximate surface area is 130 Å². The predicted molar refractivity (Wildman–Crippen MR) is 80.7 cm³/mol. The van der Waals surface area contributed by atoms with Crippen LogP contribution in [0.25, 0.3) is 0 Å². The van der Waals surface area contributed by atoms with Crippen LogP contribution in [-0.4, -0.2) is 15.6 Å². The first kappa shape index (κ1) is 14.2. The molecule has 0 aliphatic heterocycles. The third-order valence-corrected chi connectivity index (χ3v) is 6.30. The lowest BCUT2D eigenvalue weighted by atomic mass is 10.1. The molecule has 7 heteroatoms. The standard InChI is InChI=1S/C11H9Br2ClN2OS/c1-5-6(11(14)16(2)15-5)3-8(17)9-4-7(12)10(13)18-9/h4H,3H2,1-2H3. The van der Waals surface area contributed by atoms with Gasteiger partial charge >= 0.3 is 0 Å². The lowest BCUT2D eigenvalue weighted by Gasteiger charge is -1.98. The van der Waals surface area contributed by atoms with E-state index in [1.54, 1.807) is 11.7 Å². The summed E-state index contributed by atoms with van der Waals surface area (Å²) in [6.07, 6.45) is 0.276. The molecule has 0 atom stereocenters. The summed E-state index contributed by atoms with van der Waals surface area (Å²) in [5.41, 5.74) is 1.59. The molecule has 2 rings (SSSR count). The molecule has 0 amide bonds. The number of hydrogen-bond donors (Lipinski definition) is 0. The Morgan fingerprint density at radius 1 is 1.56 bits per heavy atom. The van der Waals surface area contributed by atoms with Gasteiger partial charge in [0, 0.05) is 23.5 Å². The van der Waals surface area contributed by atoms with Gasteiger partial charge in [-0.15, -0.1) is 11.3 Å². The summed E-state index contributed by atoms with van der Waals surface area (Å²) in [4.78, 5) is 12.9. The molecule has 0 aromatic carbocycles. The van der Waals surface area contributed by atoms with E-state index in [1.807, 2.05) is 13.0 Å². The maximum absolute atomic E-state index is 12.2. The van der Waals surface area contributed by atoms with Crippen LogP contribution in [0.1, 0.15) is 20.9 Å². The molecule has 0 N–H and O–H groups in total. The minimum absolute atomic E-state index is 0.0457. The zero-order valence-electron chi connectivity index (χ0n) is 9.63. The first-order valence-corrected chi connectivity index (χ1v) is 7.84. The second kappa shape index (κ2) is 5.45. The molecule has 2 aromatic rings. The summed E-state index contributed by atoms with van der Waals surface area (Å²) in [7, 11) is 1.77. The third kappa shape index (κ3) is 2.71. The molecule has 0 radical (unpaired) electrons. The zero-order chi connectivity index (χ0) is 13.4. The molecule has 0 fully saturated rings. The van der Waals surface area contributed by atoms with E-state index < -0.39 is 0 Å². The number of Topliss-reactive ketones (excluding diaryl/α,β-unsaturated/α-hetero) is 1. The van der Waals surface area contributed by atoms with Crippen molar-refractivity contribution in [3.63, 3.8) is 0 Å². The van der Waals surface area contributed by atoms with Crippen molar-refractivity contribution >= 4 is 60.6 Å². The minimum atomic E-state index is 0.0457. The van der Waals surface area contributed by atoms with Crippen LogP contribution in [0, 0.1) is 6.92 Å². The Morgan fingerprint density at radius 2 is 2.22 bits per heavy atom. The van der Waals surface area contributed by atoms with Gasteiger partial charge in [-0.2, -0.15) is 5.10 Å². The number of carbonyl (C=O) groups is 1. The van der Waals surface area contributed by atoms with E-state index in [0.717, 1.165) is 19.5 Å². The van der Waals surface area contributed by atoms with Crippen molar-refractivity contribution in [1.82, 2.24) is 9.78 Å². The highest BCUT2D eigenvalue weighted by molar-refractivity contribution is 9.13. The smallest absolute Gasteiger partial charge is 0.177 e. The summed E-state index contributed by atoms with van der Waals surface area (Å²) in [5.74, 6) is 0.0457. The second-order valence-electron chi connectivity index (χ2n) is 3.81. The molecule has 2 heterocycles. The van der Waals surface area contributed by atoms with Gasteiger partial charge in [0.05, 0.1) is 14.4 Å². The van der Waals surface area contributed by atoms with E-state index in [-0.39, 0.29) is 12.2 Å². The molecule has 0 saturated carbocycles. The van der Waals surface area contributed by atoms with E-state index in [1.165, 1.54) is 11.3 Å². The van der Waals surface area contributed by atoms with Crippen LogP contribution in [0.4, 0.5) is 0 Å². The number of hydrogen-bond acceptors (Lipinski definition) is 3. The quantitative estimate of drug-likeness (QED) is 0.701. The summed E-state index contributed by atoms with van der Waals surface area (Å²) in [5, 5.41) is 4.72. The topological polar surface area (TPSA) is 34.9 Å². The fraction of sp³-hybridized carbons (Fsp3) is 0.273. The zero-order valence-corrected chi connectivity index (χ0v) is 14.4. The monoisotopic (exact) mass is 410 g/mol. The van der Waals surface area contributed by atoms with Crippen molar-refractivity contribution in [1.29, 1.82) is 0 Å². The van der Waals surface area contributed by atoms with Crippen molar-refractivity contribution in [3.8, 4) is 0 Å². The summed E-state index contributed by atoms with van der Waals surface area (Å²) in [6.45, 7) is 1.86. The van der Waals surface area contributed by atoms with Crippen LogP contribution in [-0.2, 0) is 13.5 Å². The van der Waals surface area contributed by atoms with E-state index in [0.29, 0.717) is 10.0 Å².